The van der Waals surface area contributed by atoms with Crippen molar-refractivity contribution in [3.05, 3.63) is 20.8 Å². The molecule has 0 spiro atoms. The van der Waals surface area contributed by atoms with Gasteiger partial charge in [-0.3, -0.25) is 0 Å². The van der Waals surface area contributed by atoms with Gasteiger partial charge in [0.05, 0.1) is 0 Å². The third-order valence-corrected chi connectivity index (χ3v) is 4.58. The molecule has 1 unspecified atom stereocenters. The summed E-state index contributed by atoms with van der Waals surface area (Å²) in [4.78, 5) is 3.69. The van der Waals surface area contributed by atoms with Crippen LogP contribution >= 0.6 is 27.3 Å². The number of nitrogens with one attached hydrogen (secondary N) is 1. The lowest BCUT2D eigenvalue weighted by atomic mass is 10.3. The van der Waals surface area contributed by atoms with Crippen molar-refractivity contribution >= 4 is 27.3 Å². The van der Waals surface area contributed by atoms with E-state index in [9.17, 15) is 0 Å². The van der Waals surface area contributed by atoms with Crippen LogP contribution in [0.5, 0.6) is 0 Å². The highest BCUT2D eigenvalue weighted by atomic mass is 79.9. The molecule has 1 aromatic heterocycles. The second-order valence-corrected chi connectivity index (χ2v) is 5.51. The molecule has 1 N–H and O–H groups in total. The van der Waals surface area contributed by atoms with Gasteiger partial charge in [-0.05, 0) is 47.9 Å². The average Bonchev–Trinajstić information content (AvgIpc) is 2.64. The molecule has 0 aliphatic rings. The molecule has 1 atom stereocenters. The Morgan fingerprint density at radius 1 is 1.60 bits per heavy atom. The summed E-state index contributed by atoms with van der Waals surface area (Å²) < 4.78 is 1.22. The fourth-order valence-corrected chi connectivity index (χ4v) is 3.09. The molecule has 2 nitrogen and oxygen atoms in total. The SMILES string of the molecule is CCN(C)CCNC(C)c1sccc1Br. The van der Waals surface area contributed by atoms with Crippen molar-refractivity contribution in [2.45, 2.75) is 19.9 Å². The van der Waals surface area contributed by atoms with Gasteiger partial charge in [-0.15, -0.1) is 11.3 Å². The number of hydrogen-bond donors (Lipinski definition) is 1. The number of thiophene rings is 1. The summed E-state index contributed by atoms with van der Waals surface area (Å²) in [6.45, 7) is 7.64. The third kappa shape index (κ3) is 4.23. The summed E-state index contributed by atoms with van der Waals surface area (Å²) in [7, 11) is 2.15. The van der Waals surface area contributed by atoms with Gasteiger partial charge in [-0.1, -0.05) is 6.92 Å². The molecular weight excluding hydrogens is 272 g/mol. The lowest BCUT2D eigenvalue weighted by molar-refractivity contribution is 0.342. The van der Waals surface area contributed by atoms with E-state index in [-0.39, 0.29) is 0 Å². The lowest BCUT2D eigenvalue weighted by Gasteiger charge is -2.17. The van der Waals surface area contributed by atoms with Crippen molar-refractivity contribution in [1.29, 1.82) is 0 Å². The Bertz CT molecular complexity index is 288. The Morgan fingerprint density at radius 3 is 2.87 bits per heavy atom. The van der Waals surface area contributed by atoms with Crippen LogP contribution in [0.3, 0.4) is 0 Å². The third-order valence-electron chi connectivity index (χ3n) is 2.52. The Labute approximate surface area is 105 Å². The molecule has 0 aliphatic carbocycles. The van der Waals surface area contributed by atoms with Crippen LogP contribution in [0.1, 0.15) is 24.8 Å². The summed E-state index contributed by atoms with van der Waals surface area (Å²) in [5.41, 5.74) is 0. The predicted molar refractivity (Wildman–Crippen MR) is 71.6 cm³/mol. The molecule has 1 rings (SSSR count). The Balaban J connectivity index is 2.31. The zero-order valence-corrected chi connectivity index (χ0v) is 12.0. The topological polar surface area (TPSA) is 15.3 Å². The monoisotopic (exact) mass is 290 g/mol. The summed E-state index contributed by atoms with van der Waals surface area (Å²) in [6, 6.07) is 2.54. The molecule has 0 fully saturated rings. The number of likely N-dealkylation sites (N-methyl/N-ethyl adjacent to an activating group) is 1. The average molecular weight is 291 g/mol. The van der Waals surface area contributed by atoms with E-state index < -0.39 is 0 Å². The van der Waals surface area contributed by atoms with E-state index >= 15 is 0 Å². The van der Waals surface area contributed by atoms with Gasteiger partial charge < -0.3 is 10.2 Å². The highest BCUT2D eigenvalue weighted by Crippen LogP contribution is 2.28. The molecule has 15 heavy (non-hydrogen) atoms. The standard InChI is InChI=1S/C11H19BrN2S/c1-4-14(3)7-6-13-9(2)11-10(12)5-8-15-11/h5,8-9,13H,4,6-7H2,1-3H3. The molecular formula is C11H19BrN2S. The molecule has 0 aliphatic heterocycles. The van der Waals surface area contributed by atoms with E-state index in [1.165, 1.54) is 9.35 Å². The zero-order valence-electron chi connectivity index (χ0n) is 9.59. The number of hydrogen-bond acceptors (Lipinski definition) is 3. The van der Waals surface area contributed by atoms with Crippen molar-refractivity contribution in [3.8, 4) is 0 Å². The molecule has 4 heteroatoms. The molecule has 0 aromatic carbocycles. The minimum Gasteiger partial charge on any atom is -0.308 e. The minimum atomic E-state index is 0.435. The molecule has 0 amide bonds. The van der Waals surface area contributed by atoms with Crippen LogP contribution < -0.4 is 5.32 Å². The van der Waals surface area contributed by atoms with E-state index in [2.05, 4.69) is 58.5 Å². The predicted octanol–water partition coefficient (Wildman–Crippen LogP) is 3.11. The first-order chi connectivity index (χ1) is 7.15. The van der Waals surface area contributed by atoms with Crippen molar-refractivity contribution in [2.75, 3.05) is 26.7 Å². The normalized spacial score (nSPS) is 13.4. The fraction of sp³-hybridized carbons (Fsp3) is 0.636. The van der Waals surface area contributed by atoms with Crippen molar-refractivity contribution in [1.82, 2.24) is 10.2 Å². The zero-order chi connectivity index (χ0) is 11.3. The highest BCUT2D eigenvalue weighted by molar-refractivity contribution is 9.10. The molecule has 0 radical (unpaired) electrons. The summed E-state index contributed by atoms with van der Waals surface area (Å²) in [6.07, 6.45) is 0. The van der Waals surface area contributed by atoms with Crippen molar-refractivity contribution in [2.24, 2.45) is 0 Å². The van der Waals surface area contributed by atoms with E-state index in [1.807, 2.05) is 0 Å². The molecule has 1 aromatic rings. The number of halogens is 1. The van der Waals surface area contributed by atoms with Crippen molar-refractivity contribution in [3.63, 3.8) is 0 Å². The van der Waals surface area contributed by atoms with Crippen LogP contribution in [-0.4, -0.2) is 31.6 Å². The Hall–Kier alpha value is 0.100. The fourth-order valence-electron chi connectivity index (χ4n) is 1.34. The van der Waals surface area contributed by atoms with Gasteiger partial charge in [-0.2, -0.15) is 0 Å². The van der Waals surface area contributed by atoms with Crippen LogP contribution in [-0.2, 0) is 0 Å². The first-order valence-corrected chi connectivity index (χ1v) is 6.97. The molecule has 86 valence electrons. The largest absolute Gasteiger partial charge is 0.308 e. The number of nitrogens with zero attached hydrogens (tertiary/aromatic N) is 1. The van der Waals surface area contributed by atoms with Gasteiger partial charge in [0.25, 0.3) is 0 Å². The number of rotatable bonds is 6. The maximum atomic E-state index is 3.56. The smallest absolute Gasteiger partial charge is 0.0397 e. The van der Waals surface area contributed by atoms with Crippen LogP contribution in [0.4, 0.5) is 0 Å². The Kier molecular flexibility index (Phi) is 5.82. The van der Waals surface area contributed by atoms with E-state index in [0.29, 0.717) is 6.04 Å². The summed E-state index contributed by atoms with van der Waals surface area (Å²) in [5.74, 6) is 0. The Morgan fingerprint density at radius 2 is 2.33 bits per heavy atom. The van der Waals surface area contributed by atoms with Crippen LogP contribution in [0.25, 0.3) is 0 Å². The quantitative estimate of drug-likeness (QED) is 0.866. The molecule has 1 heterocycles. The van der Waals surface area contributed by atoms with Gasteiger partial charge in [0.2, 0.25) is 0 Å². The molecule has 0 bridgehead atoms. The van der Waals surface area contributed by atoms with Crippen LogP contribution in [0.15, 0.2) is 15.9 Å². The van der Waals surface area contributed by atoms with E-state index in [4.69, 9.17) is 0 Å². The van der Waals surface area contributed by atoms with Gasteiger partial charge in [-0.25, -0.2) is 0 Å². The first-order valence-electron chi connectivity index (χ1n) is 5.30. The minimum absolute atomic E-state index is 0.435. The van der Waals surface area contributed by atoms with Crippen LogP contribution in [0, 0.1) is 0 Å². The summed E-state index contributed by atoms with van der Waals surface area (Å²) in [5, 5.41) is 5.65. The second kappa shape index (κ2) is 6.63. The second-order valence-electron chi connectivity index (χ2n) is 3.70. The van der Waals surface area contributed by atoms with Crippen molar-refractivity contribution < 1.29 is 0 Å². The molecule has 0 saturated carbocycles. The first kappa shape index (κ1) is 13.2. The van der Waals surface area contributed by atoms with Gasteiger partial charge in [0.15, 0.2) is 0 Å². The maximum Gasteiger partial charge on any atom is 0.0397 e. The van der Waals surface area contributed by atoms with Gasteiger partial charge in [0.1, 0.15) is 0 Å². The highest BCUT2D eigenvalue weighted by Gasteiger charge is 2.09. The van der Waals surface area contributed by atoms with Gasteiger partial charge in [0, 0.05) is 28.5 Å². The maximum absolute atomic E-state index is 3.56. The van der Waals surface area contributed by atoms with E-state index in [0.717, 1.165) is 19.6 Å². The van der Waals surface area contributed by atoms with Gasteiger partial charge >= 0.3 is 0 Å². The summed E-state index contributed by atoms with van der Waals surface area (Å²) >= 11 is 5.36. The lowest BCUT2D eigenvalue weighted by Crippen LogP contribution is -2.30. The van der Waals surface area contributed by atoms with Crippen LogP contribution in [0.2, 0.25) is 0 Å². The molecule has 0 saturated heterocycles. The van der Waals surface area contributed by atoms with E-state index in [1.54, 1.807) is 11.3 Å².